The van der Waals surface area contributed by atoms with E-state index in [2.05, 4.69) is 12.6 Å². The zero-order valence-corrected chi connectivity index (χ0v) is 8.19. The molecule has 11 heavy (non-hydrogen) atoms. The zero-order valence-electron chi connectivity index (χ0n) is 6.48. The smallest absolute Gasteiger partial charge is 0.321 e. The van der Waals surface area contributed by atoms with E-state index in [1.165, 1.54) is 0 Å². The third kappa shape index (κ3) is 17.8. The van der Waals surface area contributed by atoms with Gasteiger partial charge in [0.05, 0.1) is 0 Å². The van der Waals surface area contributed by atoms with Gasteiger partial charge in [0.25, 0.3) is 0 Å². The van der Waals surface area contributed by atoms with Crippen LogP contribution >= 0.6 is 12.6 Å². The van der Waals surface area contributed by atoms with E-state index in [1.807, 2.05) is 0 Å². The van der Waals surface area contributed by atoms with E-state index in [4.69, 9.17) is 10.8 Å². The fraction of sp³-hybridized carbons (Fsp3) is 0.800. The van der Waals surface area contributed by atoms with E-state index in [1.54, 1.807) is 12.5 Å². The number of carboxylic acid groups (broad SMARTS) is 1. The van der Waals surface area contributed by atoms with Gasteiger partial charge in [0.1, 0.15) is 6.04 Å². The molecule has 0 aliphatic rings. The minimum absolute atomic E-state index is 0.190. The average molecular weight is 199 g/mol. The molecule has 0 aliphatic carbocycles. The second-order valence-electron chi connectivity index (χ2n) is 1.87. The summed E-state index contributed by atoms with van der Waals surface area (Å²) in [5, 5.41) is 8.01. The van der Waals surface area contributed by atoms with E-state index in [0.29, 0.717) is 0 Å². The van der Waals surface area contributed by atoms with Crippen molar-refractivity contribution in [3.05, 3.63) is 0 Å². The standard InChI is InChI=1S/C3H7NO2S.C2H6OS/c4-2(1-7)3(5)6;1-4(2)3/h2,7H,1,4H2,(H,5,6);1-2H3/t2-;/m0./s1. The third-order valence-electron chi connectivity index (χ3n) is 0.514. The summed E-state index contributed by atoms with van der Waals surface area (Å²) < 4.78 is 9.56. The highest BCUT2D eigenvalue weighted by atomic mass is 32.2. The minimum Gasteiger partial charge on any atom is -0.480 e. The molecular formula is C5H13NO3S2. The molecule has 0 amide bonds. The van der Waals surface area contributed by atoms with Crippen LogP contribution in [0.25, 0.3) is 0 Å². The maximum atomic E-state index is 9.76. The number of carboxylic acids is 1. The summed E-state index contributed by atoms with van der Waals surface area (Å²) in [4.78, 5) is 9.76. The normalized spacial score (nSPS) is 11.7. The number of nitrogens with two attached hydrogens (primary N) is 1. The van der Waals surface area contributed by atoms with Crippen LogP contribution in [0, 0.1) is 0 Å². The lowest BCUT2D eigenvalue weighted by Gasteiger charge is -1.96. The number of thiol groups is 1. The number of hydrogen-bond donors (Lipinski definition) is 3. The fourth-order valence-electron chi connectivity index (χ4n) is 0.0781. The van der Waals surface area contributed by atoms with Crippen LogP contribution in [0.1, 0.15) is 0 Å². The lowest BCUT2D eigenvalue weighted by Crippen LogP contribution is -2.31. The van der Waals surface area contributed by atoms with Crippen molar-refractivity contribution in [2.75, 3.05) is 18.3 Å². The van der Waals surface area contributed by atoms with Gasteiger partial charge in [-0.1, -0.05) is 0 Å². The minimum atomic E-state index is -1.00. The highest BCUT2D eigenvalue weighted by Gasteiger charge is 2.06. The average Bonchev–Trinajstić information content (AvgIpc) is 1.85. The first-order valence-corrected chi connectivity index (χ1v) is 5.36. The van der Waals surface area contributed by atoms with Crippen molar-refractivity contribution < 1.29 is 14.1 Å². The molecule has 0 saturated carbocycles. The van der Waals surface area contributed by atoms with Crippen molar-refractivity contribution in [1.29, 1.82) is 0 Å². The Hall–Kier alpha value is -0.0700. The Kier molecular flexibility index (Phi) is 9.87. The predicted molar refractivity (Wildman–Crippen MR) is 49.5 cm³/mol. The molecule has 0 spiro atoms. The summed E-state index contributed by atoms with van der Waals surface area (Å²) in [6, 6.07) is -0.816. The molecule has 0 aromatic carbocycles. The number of rotatable bonds is 2. The Morgan fingerprint density at radius 2 is 2.00 bits per heavy atom. The summed E-state index contributed by atoms with van der Waals surface area (Å²) in [6.07, 6.45) is 3.28. The maximum Gasteiger partial charge on any atom is 0.321 e. The molecule has 0 radical (unpaired) electrons. The second kappa shape index (κ2) is 8.03. The van der Waals surface area contributed by atoms with E-state index < -0.39 is 22.8 Å². The SMILES string of the molecule is CS(C)=O.N[C@@H](CS)C(=O)O. The summed E-state index contributed by atoms with van der Waals surface area (Å²) in [5.41, 5.74) is 4.94. The molecule has 6 heteroatoms. The Morgan fingerprint density at radius 1 is 1.73 bits per heavy atom. The molecule has 0 heterocycles. The monoisotopic (exact) mass is 199 g/mol. The molecule has 0 rings (SSSR count). The van der Waals surface area contributed by atoms with Crippen molar-refractivity contribution in [2.45, 2.75) is 6.04 Å². The van der Waals surface area contributed by atoms with Gasteiger partial charge in [0.15, 0.2) is 0 Å². The largest absolute Gasteiger partial charge is 0.480 e. The molecule has 0 fully saturated rings. The molecular weight excluding hydrogens is 186 g/mol. The van der Waals surface area contributed by atoms with Crippen molar-refractivity contribution >= 4 is 29.4 Å². The first-order chi connectivity index (χ1) is 4.91. The summed E-state index contributed by atoms with van der Waals surface area (Å²) in [7, 11) is -0.611. The van der Waals surface area contributed by atoms with E-state index in [0.717, 1.165) is 0 Å². The van der Waals surface area contributed by atoms with E-state index in [9.17, 15) is 9.00 Å². The Bertz CT molecular complexity index is 136. The van der Waals surface area contributed by atoms with Crippen molar-refractivity contribution in [1.82, 2.24) is 0 Å². The van der Waals surface area contributed by atoms with Crippen LogP contribution in [0.15, 0.2) is 0 Å². The van der Waals surface area contributed by atoms with Crippen molar-refractivity contribution in [3.63, 3.8) is 0 Å². The summed E-state index contributed by atoms with van der Waals surface area (Å²) >= 11 is 3.65. The molecule has 0 aromatic rings. The molecule has 0 aliphatic heterocycles. The van der Waals surface area contributed by atoms with E-state index in [-0.39, 0.29) is 5.75 Å². The van der Waals surface area contributed by atoms with Crippen LogP contribution < -0.4 is 5.73 Å². The van der Waals surface area contributed by atoms with Crippen LogP contribution in [-0.2, 0) is 15.6 Å². The van der Waals surface area contributed by atoms with Gasteiger partial charge < -0.3 is 10.8 Å². The summed E-state index contributed by atoms with van der Waals surface area (Å²) in [6.45, 7) is 0. The van der Waals surface area contributed by atoms with Crippen LogP contribution in [0.5, 0.6) is 0 Å². The molecule has 0 bridgehead atoms. The zero-order chi connectivity index (χ0) is 9.44. The summed E-state index contributed by atoms with van der Waals surface area (Å²) in [5.74, 6) is -0.815. The molecule has 3 N–H and O–H groups in total. The first kappa shape index (κ1) is 13.5. The van der Waals surface area contributed by atoms with Crippen LogP contribution in [0.4, 0.5) is 0 Å². The van der Waals surface area contributed by atoms with Gasteiger partial charge in [-0.3, -0.25) is 9.00 Å². The van der Waals surface area contributed by atoms with Gasteiger partial charge in [0, 0.05) is 29.1 Å². The highest BCUT2D eigenvalue weighted by Crippen LogP contribution is 1.80. The Morgan fingerprint density at radius 3 is 2.00 bits per heavy atom. The molecule has 0 saturated heterocycles. The van der Waals surface area contributed by atoms with Crippen molar-refractivity contribution in [3.8, 4) is 0 Å². The Labute approximate surface area is 74.0 Å². The van der Waals surface area contributed by atoms with Crippen LogP contribution in [0.3, 0.4) is 0 Å². The maximum absolute atomic E-state index is 9.76. The molecule has 1 atom stereocenters. The van der Waals surface area contributed by atoms with Gasteiger partial charge in [-0.2, -0.15) is 12.6 Å². The van der Waals surface area contributed by atoms with Gasteiger partial charge in [-0.05, 0) is 0 Å². The lowest BCUT2D eigenvalue weighted by molar-refractivity contribution is -0.137. The number of hydrogen-bond acceptors (Lipinski definition) is 4. The van der Waals surface area contributed by atoms with E-state index >= 15 is 0 Å². The number of aliphatic carboxylic acids is 1. The third-order valence-corrected chi connectivity index (χ3v) is 0.907. The van der Waals surface area contributed by atoms with Gasteiger partial charge >= 0.3 is 5.97 Å². The second-order valence-corrected chi connectivity index (χ2v) is 3.72. The number of carbonyl (C=O) groups is 1. The quantitative estimate of drug-likeness (QED) is 0.515. The van der Waals surface area contributed by atoms with Crippen LogP contribution in [0.2, 0.25) is 0 Å². The lowest BCUT2D eigenvalue weighted by atomic mass is 10.4. The van der Waals surface area contributed by atoms with Gasteiger partial charge in [0.2, 0.25) is 0 Å². The molecule has 68 valence electrons. The molecule has 4 nitrogen and oxygen atoms in total. The topological polar surface area (TPSA) is 80.4 Å². The predicted octanol–water partition coefficient (Wildman–Crippen LogP) is -0.677. The molecule has 0 aromatic heterocycles. The fourth-order valence-corrected chi connectivity index (χ4v) is 0.234. The Balaban J connectivity index is 0. The van der Waals surface area contributed by atoms with Gasteiger partial charge in [-0.25, -0.2) is 0 Å². The first-order valence-electron chi connectivity index (χ1n) is 2.76. The van der Waals surface area contributed by atoms with Crippen molar-refractivity contribution in [2.24, 2.45) is 5.73 Å². The van der Waals surface area contributed by atoms with Crippen LogP contribution in [-0.4, -0.2) is 39.6 Å². The molecule has 0 unspecified atom stereocenters. The van der Waals surface area contributed by atoms with Gasteiger partial charge in [-0.15, -0.1) is 0 Å². The highest BCUT2D eigenvalue weighted by molar-refractivity contribution is 7.83.